The van der Waals surface area contributed by atoms with Crippen molar-refractivity contribution in [3.63, 3.8) is 0 Å². The van der Waals surface area contributed by atoms with Crippen molar-refractivity contribution in [1.29, 1.82) is 0 Å². The molecule has 1 aliphatic carbocycles. The fraction of sp³-hybridized carbons (Fsp3) is 0.375. The molecule has 12 heteroatoms. The minimum absolute atomic E-state index is 0.0367. The zero-order chi connectivity index (χ0) is 32.1. The van der Waals surface area contributed by atoms with Gasteiger partial charge in [0.15, 0.2) is 0 Å². The third-order valence-electron chi connectivity index (χ3n) is 7.71. The molecule has 1 N–H and O–H groups in total. The Labute approximate surface area is 261 Å². The second-order valence-electron chi connectivity index (χ2n) is 11.0. The van der Waals surface area contributed by atoms with E-state index in [9.17, 15) is 31.2 Å². The molecule has 2 amide bonds. The molecule has 44 heavy (non-hydrogen) atoms. The molecule has 236 valence electrons. The first-order valence-electron chi connectivity index (χ1n) is 14.4. The highest BCUT2D eigenvalue weighted by molar-refractivity contribution is 7.92. The summed E-state index contributed by atoms with van der Waals surface area (Å²) in [5.74, 6) is -1.18. The second kappa shape index (κ2) is 14.0. The van der Waals surface area contributed by atoms with Gasteiger partial charge in [-0.05, 0) is 74.7 Å². The number of amides is 2. The Morgan fingerprint density at radius 1 is 0.977 bits per heavy atom. The summed E-state index contributed by atoms with van der Waals surface area (Å²) in [5.41, 5.74) is -0.0374. The number of sulfonamides is 1. The summed E-state index contributed by atoms with van der Waals surface area (Å²) in [6.07, 6.45) is -0.0655. The number of hydrogen-bond acceptors (Lipinski definition) is 4. The first-order chi connectivity index (χ1) is 20.8. The molecule has 1 fully saturated rings. The number of carbonyl (C=O) groups excluding carboxylic acids is 2. The number of anilines is 1. The third kappa shape index (κ3) is 8.32. The normalized spacial score (nSPS) is 15.0. The highest BCUT2D eigenvalue weighted by Crippen LogP contribution is 2.33. The monoisotopic (exact) mass is 649 g/mol. The lowest BCUT2D eigenvalue weighted by atomic mass is 9.95. The van der Waals surface area contributed by atoms with E-state index in [1.54, 1.807) is 50.2 Å². The van der Waals surface area contributed by atoms with Crippen molar-refractivity contribution < 1.29 is 31.2 Å². The number of alkyl halides is 3. The molecule has 4 rings (SSSR count). The molecule has 3 aromatic rings. The zero-order valence-corrected chi connectivity index (χ0v) is 26.1. The fourth-order valence-corrected chi connectivity index (χ4v) is 6.81. The van der Waals surface area contributed by atoms with Crippen molar-refractivity contribution in [3.8, 4) is 0 Å². The molecule has 1 atom stereocenters. The smallest absolute Gasteiger partial charge is 0.352 e. The molecule has 0 heterocycles. The van der Waals surface area contributed by atoms with Gasteiger partial charge >= 0.3 is 6.18 Å². The quantitative estimate of drug-likeness (QED) is 0.264. The van der Waals surface area contributed by atoms with E-state index in [-0.39, 0.29) is 23.2 Å². The minimum Gasteiger partial charge on any atom is -0.352 e. The Balaban J connectivity index is 1.72. The van der Waals surface area contributed by atoms with Crippen LogP contribution in [0.4, 0.5) is 18.9 Å². The average Bonchev–Trinajstić information content (AvgIpc) is 2.98. The summed E-state index contributed by atoms with van der Waals surface area (Å²) in [4.78, 5) is 28.5. The summed E-state index contributed by atoms with van der Waals surface area (Å²) in [6, 6.07) is 15.2. The summed E-state index contributed by atoms with van der Waals surface area (Å²) in [6.45, 7) is 2.38. The van der Waals surface area contributed by atoms with E-state index < -0.39 is 46.2 Å². The molecule has 1 saturated carbocycles. The topological polar surface area (TPSA) is 86.8 Å². The van der Waals surface area contributed by atoms with Crippen molar-refractivity contribution in [2.45, 2.75) is 75.7 Å². The van der Waals surface area contributed by atoms with Crippen molar-refractivity contribution in [2.24, 2.45) is 0 Å². The van der Waals surface area contributed by atoms with Gasteiger partial charge in [0.25, 0.3) is 10.0 Å². The minimum atomic E-state index is -4.75. The first kappa shape index (κ1) is 33.3. The molecular weight excluding hydrogens is 615 g/mol. The van der Waals surface area contributed by atoms with Gasteiger partial charge < -0.3 is 10.2 Å². The molecule has 0 bridgehead atoms. The Morgan fingerprint density at radius 2 is 1.64 bits per heavy atom. The van der Waals surface area contributed by atoms with E-state index in [0.717, 1.165) is 49.8 Å². The maximum absolute atomic E-state index is 14.1. The number of nitrogens with zero attached hydrogens (tertiary/aromatic N) is 2. The van der Waals surface area contributed by atoms with Crippen molar-refractivity contribution in [3.05, 3.63) is 94.5 Å². The lowest BCUT2D eigenvalue weighted by Crippen LogP contribution is -2.53. The van der Waals surface area contributed by atoms with Crippen LogP contribution in [0, 0.1) is 6.92 Å². The maximum atomic E-state index is 14.1. The predicted octanol–water partition coefficient (Wildman–Crippen LogP) is 6.73. The van der Waals surface area contributed by atoms with E-state index in [0.29, 0.717) is 21.0 Å². The van der Waals surface area contributed by atoms with Crippen LogP contribution in [-0.4, -0.2) is 43.8 Å². The Kier molecular flexibility index (Phi) is 10.6. The first-order valence-corrected chi connectivity index (χ1v) is 16.2. The predicted molar refractivity (Wildman–Crippen MR) is 164 cm³/mol. The van der Waals surface area contributed by atoms with Gasteiger partial charge in [-0.2, -0.15) is 13.2 Å². The van der Waals surface area contributed by atoms with Gasteiger partial charge in [-0.25, -0.2) is 8.42 Å². The molecule has 0 radical (unpaired) electrons. The van der Waals surface area contributed by atoms with Crippen molar-refractivity contribution in [2.75, 3.05) is 10.8 Å². The SMILES string of the molecule is Cc1ccc(S(=O)(=O)N(CC(=O)N(Cc2cccc(Cl)c2)[C@@H](C)C(=O)NC2CCCCC2)c2cccc(C(F)(F)F)c2)cc1. The summed E-state index contributed by atoms with van der Waals surface area (Å²) < 4.78 is 69.4. The molecule has 0 aliphatic heterocycles. The Hall–Kier alpha value is -3.57. The van der Waals surface area contributed by atoms with Crippen molar-refractivity contribution >= 4 is 39.1 Å². The van der Waals surface area contributed by atoms with Crippen LogP contribution in [-0.2, 0) is 32.3 Å². The van der Waals surface area contributed by atoms with Crippen LogP contribution in [0.2, 0.25) is 5.02 Å². The largest absolute Gasteiger partial charge is 0.416 e. The molecular formula is C32H35ClF3N3O4S. The van der Waals surface area contributed by atoms with Gasteiger partial charge in [-0.15, -0.1) is 0 Å². The van der Waals surface area contributed by atoms with Crippen LogP contribution in [0.1, 0.15) is 55.7 Å². The molecule has 0 spiro atoms. The number of carbonyl (C=O) groups is 2. The molecule has 3 aromatic carbocycles. The highest BCUT2D eigenvalue weighted by atomic mass is 35.5. The van der Waals surface area contributed by atoms with Gasteiger partial charge in [0.2, 0.25) is 11.8 Å². The standard InChI is InChI=1S/C32H35ClF3N3O4S/c1-22-14-16-29(17-15-22)44(42,43)39(28-13-7-9-25(19-28)32(34,35)36)21-30(40)38(20-24-8-6-10-26(33)18-24)23(2)31(41)37-27-11-4-3-5-12-27/h6-10,13-19,23,27H,3-5,11-12,20-21H2,1-2H3,(H,37,41)/t23-/m0/s1. The van der Waals surface area contributed by atoms with E-state index in [1.165, 1.54) is 23.1 Å². The number of benzene rings is 3. The number of halogens is 4. The lowest BCUT2D eigenvalue weighted by molar-refractivity contribution is -0.139. The number of nitrogens with one attached hydrogen (secondary N) is 1. The van der Waals surface area contributed by atoms with Crippen molar-refractivity contribution in [1.82, 2.24) is 10.2 Å². The summed E-state index contributed by atoms with van der Waals surface area (Å²) in [5, 5.41) is 3.41. The molecule has 0 unspecified atom stereocenters. The highest BCUT2D eigenvalue weighted by Gasteiger charge is 2.35. The van der Waals surface area contributed by atoms with E-state index in [1.807, 2.05) is 0 Å². The molecule has 1 aliphatic rings. The second-order valence-corrected chi connectivity index (χ2v) is 13.3. The van der Waals surface area contributed by atoms with Crippen LogP contribution in [0.15, 0.2) is 77.7 Å². The van der Waals surface area contributed by atoms with E-state index >= 15 is 0 Å². The van der Waals surface area contributed by atoms with Gasteiger partial charge in [-0.1, -0.05) is 66.8 Å². The van der Waals surface area contributed by atoms with E-state index in [2.05, 4.69) is 5.32 Å². The molecule has 0 saturated heterocycles. The van der Waals surface area contributed by atoms with Gasteiger partial charge in [0, 0.05) is 17.6 Å². The van der Waals surface area contributed by atoms with Gasteiger partial charge in [0.05, 0.1) is 16.1 Å². The maximum Gasteiger partial charge on any atom is 0.416 e. The zero-order valence-electron chi connectivity index (χ0n) is 24.5. The van der Waals surface area contributed by atoms with Crippen LogP contribution in [0.5, 0.6) is 0 Å². The van der Waals surface area contributed by atoms with Crippen LogP contribution < -0.4 is 9.62 Å². The summed E-state index contributed by atoms with van der Waals surface area (Å²) in [7, 11) is -4.51. The van der Waals surface area contributed by atoms with Gasteiger partial charge in [-0.3, -0.25) is 13.9 Å². The molecule has 0 aromatic heterocycles. The number of hydrogen-bond donors (Lipinski definition) is 1. The number of aryl methyl sites for hydroxylation is 1. The lowest BCUT2D eigenvalue weighted by Gasteiger charge is -2.33. The Bertz CT molecular complexity index is 1580. The van der Waals surface area contributed by atoms with Crippen LogP contribution >= 0.6 is 11.6 Å². The average molecular weight is 650 g/mol. The van der Waals surface area contributed by atoms with Crippen LogP contribution in [0.25, 0.3) is 0 Å². The fourth-order valence-electron chi connectivity index (χ4n) is 5.19. The molecule has 7 nitrogen and oxygen atoms in total. The number of rotatable bonds is 10. The third-order valence-corrected chi connectivity index (χ3v) is 9.73. The van der Waals surface area contributed by atoms with E-state index in [4.69, 9.17) is 11.6 Å². The van der Waals surface area contributed by atoms with Gasteiger partial charge in [0.1, 0.15) is 12.6 Å². The Morgan fingerprint density at radius 3 is 2.27 bits per heavy atom. The van der Waals surface area contributed by atoms with Crippen LogP contribution in [0.3, 0.4) is 0 Å². The summed E-state index contributed by atoms with van der Waals surface area (Å²) >= 11 is 6.17.